The summed E-state index contributed by atoms with van der Waals surface area (Å²) in [4.78, 5) is 12.6. The summed E-state index contributed by atoms with van der Waals surface area (Å²) in [5, 5.41) is 6.17. The summed E-state index contributed by atoms with van der Waals surface area (Å²) >= 11 is 5.29. The second-order valence-corrected chi connectivity index (χ2v) is 6.52. The lowest BCUT2D eigenvalue weighted by atomic mass is 10.1. The first-order chi connectivity index (χ1) is 12.6. The van der Waals surface area contributed by atoms with Gasteiger partial charge in [-0.05, 0) is 43.3 Å². The molecule has 0 radical (unpaired) electrons. The fourth-order valence-electron chi connectivity index (χ4n) is 2.54. The van der Waals surface area contributed by atoms with Gasteiger partial charge in [0, 0.05) is 0 Å². The van der Waals surface area contributed by atoms with Crippen LogP contribution in [0.15, 0.2) is 54.6 Å². The molecule has 1 atom stereocenters. The Bertz CT molecular complexity index is 719. The van der Waals surface area contributed by atoms with E-state index < -0.39 is 0 Å². The Balaban J connectivity index is 1.93. The average Bonchev–Trinajstić information content (AvgIpc) is 2.66. The van der Waals surface area contributed by atoms with E-state index in [1.165, 1.54) is 0 Å². The number of nitrogens with one attached hydrogen (secondary N) is 2. The zero-order valence-corrected chi connectivity index (χ0v) is 16.1. The first-order valence-electron chi connectivity index (χ1n) is 9.00. The van der Waals surface area contributed by atoms with E-state index in [9.17, 15) is 4.79 Å². The van der Waals surface area contributed by atoms with Crippen LogP contribution in [0.25, 0.3) is 0 Å². The smallest absolute Gasteiger partial charge is 0.261 e. The lowest BCUT2D eigenvalue weighted by molar-refractivity contribution is 0.0972. The van der Waals surface area contributed by atoms with Crippen molar-refractivity contribution in [1.29, 1.82) is 0 Å². The molecule has 26 heavy (non-hydrogen) atoms. The molecule has 0 bridgehead atoms. The summed E-state index contributed by atoms with van der Waals surface area (Å²) in [5.74, 6) is 0.314. The molecule has 0 aromatic heterocycles. The van der Waals surface area contributed by atoms with Crippen LogP contribution >= 0.6 is 12.2 Å². The van der Waals surface area contributed by atoms with Gasteiger partial charge in [0.05, 0.1) is 18.2 Å². The number of amides is 1. The number of thiocarbonyl (C=S) groups is 1. The molecular weight excluding hydrogens is 344 g/mol. The lowest BCUT2D eigenvalue weighted by Gasteiger charge is -2.17. The topological polar surface area (TPSA) is 50.4 Å². The third-order valence-corrected chi connectivity index (χ3v) is 4.23. The molecule has 2 rings (SSSR count). The number of benzene rings is 2. The number of ether oxygens (including phenoxy) is 1. The third kappa shape index (κ3) is 6.15. The molecule has 0 aliphatic rings. The van der Waals surface area contributed by atoms with Crippen molar-refractivity contribution in [3.05, 3.63) is 65.7 Å². The first kappa shape index (κ1) is 19.9. The molecule has 0 fully saturated rings. The van der Waals surface area contributed by atoms with Crippen LogP contribution in [0.1, 0.15) is 55.1 Å². The molecule has 0 aliphatic carbocycles. The number of hydrogen-bond acceptors (Lipinski definition) is 3. The maximum atomic E-state index is 12.6. The van der Waals surface area contributed by atoms with E-state index in [-0.39, 0.29) is 11.9 Å². The highest BCUT2D eigenvalue weighted by Gasteiger charge is 2.14. The van der Waals surface area contributed by atoms with Crippen molar-refractivity contribution in [2.45, 2.75) is 39.2 Å². The number of carbonyl (C=O) groups excluding carboxylic acids is 1. The van der Waals surface area contributed by atoms with Crippen LogP contribution in [0.4, 0.5) is 0 Å². The Morgan fingerprint density at radius 3 is 2.50 bits per heavy atom. The second kappa shape index (κ2) is 10.6. The highest BCUT2D eigenvalue weighted by atomic mass is 32.1. The molecular formula is C21H26N2O2S. The summed E-state index contributed by atoms with van der Waals surface area (Å²) in [6.07, 6.45) is 3.21. The molecule has 4 nitrogen and oxygen atoms in total. The van der Waals surface area contributed by atoms with Crippen molar-refractivity contribution in [3.8, 4) is 5.75 Å². The van der Waals surface area contributed by atoms with Gasteiger partial charge in [-0.3, -0.25) is 10.1 Å². The van der Waals surface area contributed by atoms with Crippen LogP contribution < -0.4 is 15.4 Å². The number of carbonyl (C=O) groups is 1. The standard InChI is InChI=1S/C21H26N2O2S/c1-3-4-10-15-25-19-14-9-8-13-18(19)20(24)23-21(26)22-16(2)17-11-6-5-7-12-17/h5-9,11-14,16H,3-4,10,15H2,1-2H3,(H2,22,23,24,26). The molecule has 2 N–H and O–H groups in total. The van der Waals surface area contributed by atoms with Crippen LogP contribution in [0.5, 0.6) is 5.75 Å². The van der Waals surface area contributed by atoms with Gasteiger partial charge in [-0.25, -0.2) is 0 Å². The Hall–Kier alpha value is -2.40. The Morgan fingerprint density at radius 2 is 1.77 bits per heavy atom. The largest absolute Gasteiger partial charge is 0.493 e. The SMILES string of the molecule is CCCCCOc1ccccc1C(=O)NC(=S)NC(C)c1ccccc1. The van der Waals surface area contributed by atoms with Gasteiger partial charge in [-0.1, -0.05) is 62.2 Å². The maximum absolute atomic E-state index is 12.6. The maximum Gasteiger partial charge on any atom is 0.261 e. The predicted molar refractivity (Wildman–Crippen MR) is 110 cm³/mol. The van der Waals surface area contributed by atoms with Crippen molar-refractivity contribution < 1.29 is 9.53 Å². The van der Waals surface area contributed by atoms with Crippen molar-refractivity contribution in [2.24, 2.45) is 0 Å². The predicted octanol–water partition coefficient (Wildman–Crippen LogP) is 4.62. The molecule has 5 heteroatoms. The zero-order valence-electron chi connectivity index (χ0n) is 15.3. The summed E-state index contributed by atoms with van der Waals surface area (Å²) in [7, 11) is 0. The van der Waals surface area contributed by atoms with Crippen LogP contribution in [-0.2, 0) is 0 Å². The van der Waals surface area contributed by atoms with Gasteiger partial charge in [-0.15, -0.1) is 0 Å². The molecule has 1 unspecified atom stereocenters. The van der Waals surface area contributed by atoms with Crippen molar-refractivity contribution in [1.82, 2.24) is 10.6 Å². The minimum absolute atomic E-state index is 0.00420. The number of unbranched alkanes of at least 4 members (excludes halogenated alkanes) is 2. The van der Waals surface area contributed by atoms with Gasteiger partial charge in [-0.2, -0.15) is 0 Å². The minimum Gasteiger partial charge on any atom is -0.493 e. The number of para-hydroxylation sites is 1. The van der Waals surface area contributed by atoms with Gasteiger partial charge in [0.1, 0.15) is 5.75 Å². The fraction of sp³-hybridized carbons (Fsp3) is 0.333. The molecule has 2 aromatic rings. The van der Waals surface area contributed by atoms with Crippen molar-refractivity contribution in [2.75, 3.05) is 6.61 Å². The van der Waals surface area contributed by atoms with Gasteiger partial charge in [0.25, 0.3) is 5.91 Å². The van der Waals surface area contributed by atoms with E-state index in [0.29, 0.717) is 23.0 Å². The summed E-state index contributed by atoms with van der Waals surface area (Å²) < 4.78 is 5.77. The van der Waals surface area contributed by atoms with E-state index >= 15 is 0 Å². The zero-order chi connectivity index (χ0) is 18.8. The summed E-state index contributed by atoms with van der Waals surface area (Å²) in [5.41, 5.74) is 1.59. The van der Waals surface area contributed by atoms with E-state index in [1.54, 1.807) is 6.07 Å². The third-order valence-electron chi connectivity index (χ3n) is 4.01. The van der Waals surface area contributed by atoms with Crippen LogP contribution in [-0.4, -0.2) is 17.6 Å². The molecule has 138 valence electrons. The monoisotopic (exact) mass is 370 g/mol. The van der Waals surface area contributed by atoms with Gasteiger partial charge < -0.3 is 10.1 Å². The average molecular weight is 371 g/mol. The quantitative estimate of drug-likeness (QED) is 0.526. The fourth-order valence-corrected chi connectivity index (χ4v) is 2.81. The molecule has 2 aromatic carbocycles. The van der Waals surface area contributed by atoms with Gasteiger partial charge in [0.15, 0.2) is 5.11 Å². The Morgan fingerprint density at radius 1 is 1.08 bits per heavy atom. The van der Waals surface area contributed by atoms with E-state index in [1.807, 2.05) is 55.5 Å². The van der Waals surface area contributed by atoms with Crippen LogP contribution in [0, 0.1) is 0 Å². The molecule has 0 heterocycles. The summed E-state index contributed by atoms with van der Waals surface area (Å²) in [6.45, 7) is 4.75. The number of hydrogen-bond donors (Lipinski definition) is 2. The van der Waals surface area contributed by atoms with Crippen molar-refractivity contribution in [3.63, 3.8) is 0 Å². The van der Waals surface area contributed by atoms with Crippen LogP contribution in [0.2, 0.25) is 0 Å². The first-order valence-corrected chi connectivity index (χ1v) is 9.41. The van der Waals surface area contributed by atoms with E-state index in [4.69, 9.17) is 17.0 Å². The minimum atomic E-state index is -0.270. The summed E-state index contributed by atoms with van der Waals surface area (Å²) in [6, 6.07) is 17.2. The van der Waals surface area contributed by atoms with Gasteiger partial charge in [0.2, 0.25) is 0 Å². The second-order valence-electron chi connectivity index (χ2n) is 6.11. The molecule has 1 amide bonds. The number of rotatable bonds is 8. The lowest BCUT2D eigenvalue weighted by Crippen LogP contribution is -2.40. The molecule has 0 spiro atoms. The van der Waals surface area contributed by atoms with E-state index in [0.717, 1.165) is 24.8 Å². The van der Waals surface area contributed by atoms with Crippen LogP contribution in [0.3, 0.4) is 0 Å². The highest BCUT2D eigenvalue weighted by Crippen LogP contribution is 2.18. The van der Waals surface area contributed by atoms with Crippen molar-refractivity contribution >= 4 is 23.2 Å². The molecule has 0 saturated heterocycles. The molecule has 0 saturated carbocycles. The highest BCUT2D eigenvalue weighted by molar-refractivity contribution is 7.80. The molecule has 0 aliphatic heterocycles. The normalized spacial score (nSPS) is 11.5. The Labute approximate surface area is 161 Å². The van der Waals surface area contributed by atoms with E-state index in [2.05, 4.69) is 17.6 Å². The Kier molecular flexibility index (Phi) is 8.09. The van der Waals surface area contributed by atoms with Gasteiger partial charge >= 0.3 is 0 Å².